The second kappa shape index (κ2) is 10.0. The highest BCUT2D eigenvalue weighted by Crippen LogP contribution is 2.49. The van der Waals surface area contributed by atoms with E-state index in [0.717, 1.165) is 34.0 Å². The van der Waals surface area contributed by atoms with Crippen molar-refractivity contribution in [3.63, 3.8) is 0 Å². The lowest BCUT2D eigenvalue weighted by atomic mass is 9.77. The Balaban J connectivity index is 1.17. The smallest absolute Gasteiger partial charge is 0.128 e. The molecule has 4 aromatic carbocycles. The summed E-state index contributed by atoms with van der Waals surface area (Å²) in [5, 5.41) is 4.52. The molecule has 178 valence electrons. The van der Waals surface area contributed by atoms with Crippen LogP contribution in [0.25, 0.3) is 0 Å². The van der Waals surface area contributed by atoms with Gasteiger partial charge in [0, 0.05) is 28.4 Å². The lowest BCUT2D eigenvalue weighted by molar-refractivity contribution is 0.306. The third-order valence-electron chi connectivity index (χ3n) is 7.10. The Bertz CT molecular complexity index is 1410. The molecule has 1 heterocycles. The minimum atomic E-state index is 0.292. The molecule has 0 spiro atoms. The lowest BCUT2D eigenvalue weighted by Gasteiger charge is -2.37. The normalized spacial score (nSPS) is 20.1. The standard InChI is InChI=1S/C32H27ClN2O/c33-25-16-12-22(13-17-25)21-36-31-11-4-1-6-24(31)20-34-26-18-14-23(15-19-26)32-29-9-5-8-27(29)28-7-2-3-10-30(28)35-32/h1-8,10-20,27,29,32,35H,9,21H2/t27-,29+,32+/m1/s1. The molecular weight excluding hydrogens is 464 g/mol. The number of para-hydroxylation sites is 2. The molecule has 0 aromatic heterocycles. The Morgan fingerprint density at radius 3 is 2.53 bits per heavy atom. The van der Waals surface area contributed by atoms with Gasteiger partial charge in [-0.1, -0.05) is 78.4 Å². The van der Waals surface area contributed by atoms with Crippen LogP contribution in [-0.4, -0.2) is 6.21 Å². The van der Waals surface area contributed by atoms with Gasteiger partial charge in [-0.3, -0.25) is 4.99 Å². The zero-order chi connectivity index (χ0) is 24.3. The van der Waals surface area contributed by atoms with E-state index in [-0.39, 0.29) is 0 Å². The van der Waals surface area contributed by atoms with Crippen molar-refractivity contribution in [2.75, 3.05) is 5.32 Å². The average molecular weight is 491 g/mol. The van der Waals surface area contributed by atoms with Gasteiger partial charge < -0.3 is 10.1 Å². The summed E-state index contributed by atoms with van der Waals surface area (Å²) < 4.78 is 6.07. The molecule has 0 unspecified atom stereocenters. The number of benzene rings is 4. The van der Waals surface area contributed by atoms with E-state index < -0.39 is 0 Å². The minimum Gasteiger partial charge on any atom is -0.488 e. The van der Waals surface area contributed by atoms with Gasteiger partial charge in [0.1, 0.15) is 12.4 Å². The summed E-state index contributed by atoms with van der Waals surface area (Å²) in [4.78, 5) is 4.74. The van der Waals surface area contributed by atoms with Crippen LogP contribution in [0.3, 0.4) is 0 Å². The predicted octanol–water partition coefficient (Wildman–Crippen LogP) is 8.50. The van der Waals surface area contributed by atoms with Crippen LogP contribution in [-0.2, 0) is 6.61 Å². The van der Waals surface area contributed by atoms with Crippen molar-refractivity contribution in [3.05, 3.63) is 136 Å². The summed E-state index contributed by atoms with van der Waals surface area (Å²) in [7, 11) is 0. The summed E-state index contributed by atoms with van der Waals surface area (Å²) in [6, 6.07) is 33.3. The van der Waals surface area contributed by atoms with Crippen LogP contribution in [0, 0.1) is 5.92 Å². The third kappa shape index (κ3) is 4.67. The maximum absolute atomic E-state index is 6.07. The first-order valence-corrected chi connectivity index (χ1v) is 12.7. The number of rotatable bonds is 6. The number of nitrogens with one attached hydrogen (secondary N) is 1. The average Bonchev–Trinajstić information content (AvgIpc) is 3.42. The van der Waals surface area contributed by atoms with Crippen LogP contribution in [0.5, 0.6) is 5.75 Å². The number of nitrogens with zero attached hydrogens (tertiary/aromatic N) is 1. The van der Waals surface area contributed by atoms with Gasteiger partial charge in [0.15, 0.2) is 0 Å². The number of fused-ring (bicyclic) bond motifs is 3. The summed E-state index contributed by atoms with van der Waals surface area (Å²) in [5.74, 6) is 1.83. The van der Waals surface area contributed by atoms with Gasteiger partial charge in [-0.15, -0.1) is 0 Å². The first-order valence-electron chi connectivity index (χ1n) is 12.4. The monoisotopic (exact) mass is 490 g/mol. The van der Waals surface area contributed by atoms with Gasteiger partial charge in [0.25, 0.3) is 0 Å². The van der Waals surface area contributed by atoms with Crippen molar-refractivity contribution in [3.8, 4) is 5.75 Å². The number of halogens is 1. The molecular formula is C32H27ClN2O. The predicted molar refractivity (Wildman–Crippen MR) is 149 cm³/mol. The number of aliphatic imine (C=N–C) groups is 1. The van der Waals surface area contributed by atoms with Crippen molar-refractivity contribution in [2.24, 2.45) is 10.9 Å². The molecule has 0 fully saturated rings. The molecule has 6 rings (SSSR count). The van der Waals surface area contributed by atoms with Gasteiger partial charge in [0.05, 0.1) is 11.7 Å². The van der Waals surface area contributed by atoms with Gasteiger partial charge in [-0.25, -0.2) is 0 Å². The van der Waals surface area contributed by atoms with E-state index >= 15 is 0 Å². The molecule has 0 bridgehead atoms. The van der Waals surface area contributed by atoms with Crippen LogP contribution >= 0.6 is 11.6 Å². The highest BCUT2D eigenvalue weighted by atomic mass is 35.5. The molecule has 0 radical (unpaired) electrons. The van der Waals surface area contributed by atoms with E-state index in [0.29, 0.717) is 24.5 Å². The van der Waals surface area contributed by atoms with Gasteiger partial charge in [-0.2, -0.15) is 0 Å². The van der Waals surface area contributed by atoms with Crippen molar-refractivity contribution in [1.29, 1.82) is 0 Å². The quantitative estimate of drug-likeness (QED) is 0.217. The zero-order valence-electron chi connectivity index (χ0n) is 19.8. The van der Waals surface area contributed by atoms with E-state index in [1.165, 1.54) is 16.8 Å². The topological polar surface area (TPSA) is 33.6 Å². The number of hydrogen-bond acceptors (Lipinski definition) is 3. The maximum atomic E-state index is 6.07. The molecule has 4 aromatic rings. The van der Waals surface area contributed by atoms with E-state index in [4.69, 9.17) is 21.3 Å². The first kappa shape index (κ1) is 22.6. The molecule has 1 aliphatic carbocycles. The van der Waals surface area contributed by atoms with Crippen molar-refractivity contribution in [2.45, 2.75) is 25.0 Å². The van der Waals surface area contributed by atoms with E-state index in [1.54, 1.807) is 0 Å². The second-order valence-electron chi connectivity index (χ2n) is 9.37. The molecule has 1 N–H and O–H groups in total. The Morgan fingerprint density at radius 1 is 0.889 bits per heavy atom. The number of allylic oxidation sites excluding steroid dienone is 2. The fraction of sp³-hybridized carbons (Fsp3) is 0.156. The number of ether oxygens (including phenoxy) is 1. The molecule has 2 aliphatic rings. The summed E-state index contributed by atoms with van der Waals surface area (Å²) in [6.45, 7) is 0.477. The van der Waals surface area contributed by atoms with E-state index in [9.17, 15) is 0 Å². The van der Waals surface area contributed by atoms with Crippen LogP contribution in [0.2, 0.25) is 5.02 Å². The van der Waals surface area contributed by atoms with Crippen LogP contribution in [0.15, 0.2) is 114 Å². The molecule has 3 atom stereocenters. The van der Waals surface area contributed by atoms with Crippen LogP contribution < -0.4 is 10.1 Å². The van der Waals surface area contributed by atoms with Crippen molar-refractivity contribution < 1.29 is 4.74 Å². The SMILES string of the molecule is Clc1ccc(COc2ccccc2C=Nc2ccc([C@@H]3Nc4ccccc4[C@H]4C=CC[C@@H]43)cc2)cc1. The summed E-state index contributed by atoms with van der Waals surface area (Å²) in [5.41, 5.74) is 6.89. The van der Waals surface area contributed by atoms with E-state index in [2.05, 4.69) is 66.0 Å². The zero-order valence-corrected chi connectivity index (χ0v) is 20.6. The van der Waals surface area contributed by atoms with Crippen molar-refractivity contribution >= 4 is 29.2 Å². The minimum absolute atomic E-state index is 0.292. The molecule has 4 heteroatoms. The fourth-order valence-electron chi connectivity index (χ4n) is 5.25. The fourth-order valence-corrected chi connectivity index (χ4v) is 5.37. The highest BCUT2D eigenvalue weighted by molar-refractivity contribution is 6.30. The molecule has 3 nitrogen and oxygen atoms in total. The number of hydrogen-bond donors (Lipinski definition) is 1. The second-order valence-corrected chi connectivity index (χ2v) is 9.80. The van der Waals surface area contributed by atoms with Gasteiger partial charge >= 0.3 is 0 Å². The van der Waals surface area contributed by atoms with Gasteiger partial charge in [-0.05, 0) is 71.5 Å². The Kier molecular flexibility index (Phi) is 6.31. The molecule has 36 heavy (non-hydrogen) atoms. The Morgan fingerprint density at radius 2 is 1.67 bits per heavy atom. The maximum Gasteiger partial charge on any atom is 0.128 e. The Labute approximate surface area is 217 Å². The molecule has 0 amide bonds. The molecule has 0 saturated carbocycles. The highest BCUT2D eigenvalue weighted by Gasteiger charge is 2.37. The molecule has 1 aliphatic heterocycles. The van der Waals surface area contributed by atoms with E-state index in [1.807, 2.05) is 54.7 Å². The first-order chi connectivity index (χ1) is 17.7. The molecule has 0 saturated heterocycles. The summed E-state index contributed by atoms with van der Waals surface area (Å²) in [6.07, 6.45) is 7.68. The van der Waals surface area contributed by atoms with Crippen LogP contribution in [0.1, 0.15) is 40.6 Å². The number of anilines is 1. The Hall–Kier alpha value is -3.82. The lowest BCUT2D eigenvalue weighted by Crippen LogP contribution is -2.28. The van der Waals surface area contributed by atoms with Gasteiger partial charge in [0.2, 0.25) is 0 Å². The largest absolute Gasteiger partial charge is 0.488 e. The van der Waals surface area contributed by atoms with Crippen molar-refractivity contribution in [1.82, 2.24) is 0 Å². The van der Waals surface area contributed by atoms with Crippen LogP contribution in [0.4, 0.5) is 11.4 Å². The third-order valence-corrected chi connectivity index (χ3v) is 7.36. The summed E-state index contributed by atoms with van der Waals surface area (Å²) >= 11 is 5.99.